The first-order chi connectivity index (χ1) is 39.9. The molecule has 0 radical (unpaired) electrons. The minimum Gasteiger partial charge on any atom is -0.455 e. The van der Waals surface area contributed by atoms with Gasteiger partial charge in [-0.3, -0.25) is 0 Å². The Balaban J connectivity index is 1.05. The Hall–Kier alpha value is -9.58. The van der Waals surface area contributed by atoms with Gasteiger partial charge in [0.05, 0.1) is 28.4 Å². The monoisotopic (exact) mass is 1060 g/mol. The van der Waals surface area contributed by atoms with Crippen LogP contribution in [0.3, 0.4) is 0 Å². The van der Waals surface area contributed by atoms with Crippen LogP contribution in [-0.2, 0) is 10.8 Å². The van der Waals surface area contributed by atoms with Crippen molar-refractivity contribution in [1.29, 1.82) is 0 Å². The molecule has 13 aromatic rings. The number of anilines is 5. The van der Waals surface area contributed by atoms with Gasteiger partial charge in [-0.25, -0.2) is 0 Å². The summed E-state index contributed by atoms with van der Waals surface area (Å²) >= 11 is 0. The maximum atomic E-state index is 7.48. The standard InChI is InChI=1S/C77H62N2O3/c1-47-25-20-38-58-69(47)68(79(64-42-19-17-31-51(64)49-28-12-9-13-29-49)66-44-24-37-57-55-35-22-40-62(77(5,6)7)73(55)82-75(57)66)46-60-59-45-67(52-32-14-15-33-53(52)70(59)80-71(58)60)78(63-41-18-16-30-50(63)48-26-10-8-11-27-48)65-43-23-36-56-54-34-21-39-61(76(2,3)4)72(54)81-74(56)65/h8-47,69H,1-7H3. The van der Waals surface area contributed by atoms with E-state index >= 15 is 0 Å². The molecule has 3 heterocycles. The van der Waals surface area contributed by atoms with Crippen LogP contribution in [-0.4, -0.2) is 0 Å². The molecule has 0 saturated carbocycles. The minimum absolute atomic E-state index is 0.0877. The van der Waals surface area contributed by atoms with Crippen LogP contribution in [0.5, 0.6) is 0 Å². The first kappa shape index (κ1) is 49.5. The molecule has 0 amide bonds. The number of benzene rings is 10. The van der Waals surface area contributed by atoms with E-state index in [1.165, 1.54) is 11.1 Å². The number of fused-ring (bicyclic) bond motifs is 13. The summed E-state index contributed by atoms with van der Waals surface area (Å²) < 4.78 is 22.1. The molecule has 0 spiro atoms. The van der Waals surface area contributed by atoms with E-state index in [-0.39, 0.29) is 22.7 Å². The molecule has 5 heteroatoms. The van der Waals surface area contributed by atoms with Gasteiger partial charge in [0.25, 0.3) is 0 Å². The van der Waals surface area contributed by atoms with Crippen LogP contribution in [0.15, 0.2) is 249 Å². The summed E-state index contributed by atoms with van der Waals surface area (Å²) in [5.74, 6) is 0.915. The number of rotatable bonds is 8. The Bertz CT molecular complexity index is 4800. The molecule has 2 atom stereocenters. The van der Waals surface area contributed by atoms with Crippen molar-refractivity contribution in [3.63, 3.8) is 0 Å². The fourth-order valence-corrected chi connectivity index (χ4v) is 13.4. The molecule has 0 N–H and O–H groups in total. The number of hydrogen-bond acceptors (Lipinski definition) is 5. The van der Waals surface area contributed by atoms with E-state index in [0.29, 0.717) is 0 Å². The van der Waals surface area contributed by atoms with Gasteiger partial charge in [-0.2, -0.15) is 0 Å². The average Bonchev–Trinajstić information content (AvgIpc) is 3.47. The Labute approximate surface area is 478 Å². The van der Waals surface area contributed by atoms with Crippen LogP contribution in [0.25, 0.3) is 99.5 Å². The summed E-state index contributed by atoms with van der Waals surface area (Å²) in [6.45, 7) is 15.9. The normalized spacial score (nSPS) is 15.4. The van der Waals surface area contributed by atoms with Crippen molar-refractivity contribution < 1.29 is 13.3 Å². The molecule has 15 rings (SSSR count). The van der Waals surface area contributed by atoms with Crippen LogP contribution < -0.4 is 9.80 Å². The van der Waals surface area contributed by atoms with Gasteiger partial charge in [-0.15, -0.1) is 0 Å². The smallest absolute Gasteiger partial charge is 0.159 e. The maximum absolute atomic E-state index is 7.48. The highest BCUT2D eigenvalue weighted by molar-refractivity contribution is 6.19. The Morgan fingerprint density at radius 3 is 1.38 bits per heavy atom. The highest BCUT2D eigenvalue weighted by Crippen LogP contribution is 2.56. The van der Waals surface area contributed by atoms with E-state index in [4.69, 9.17) is 13.3 Å². The summed E-state index contributed by atoms with van der Waals surface area (Å²) in [7, 11) is 0. The van der Waals surface area contributed by atoms with E-state index in [2.05, 4.69) is 295 Å². The quantitative estimate of drug-likeness (QED) is 0.152. The van der Waals surface area contributed by atoms with Crippen LogP contribution in [0.4, 0.5) is 28.4 Å². The zero-order valence-corrected chi connectivity index (χ0v) is 47.3. The number of furan rings is 3. The van der Waals surface area contributed by atoms with E-state index in [9.17, 15) is 0 Å². The van der Waals surface area contributed by atoms with Crippen molar-refractivity contribution in [3.05, 3.63) is 259 Å². The third kappa shape index (κ3) is 7.74. The second kappa shape index (κ2) is 18.8. The van der Waals surface area contributed by atoms with E-state index in [1.807, 2.05) is 0 Å². The van der Waals surface area contributed by atoms with Gasteiger partial charge in [0.1, 0.15) is 22.5 Å². The Morgan fingerprint density at radius 1 is 0.378 bits per heavy atom. The minimum atomic E-state index is -0.144. The Kier molecular flexibility index (Phi) is 11.3. The second-order valence-electron chi connectivity index (χ2n) is 24.4. The lowest BCUT2D eigenvalue weighted by molar-refractivity contribution is 0.540. The summed E-state index contributed by atoms with van der Waals surface area (Å²) in [4.78, 5) is 4.96. The Morgan fingerprint density at radius 2 is 0.817 bits per heavy atom. The molecule has 5 nitrogen and oxygen atoms in total. The molecular weight excluding hydrogens is 1000 g/mol. The second-order valence-corrected chi connectivity index (χ2v) is 24.4. The third-order valence-electron chi connectivity index (χ3n) is 17.2. The van der Waals surface area contributed by atoms with E-state index in [0.717, 1.165) is 139 Å². The molecule has 82 heavy (non-hydrogen) atoms. The van der Waals surface area contributed by atoms with E-state index in [1.54, 1.807) is 0 Å². The molecule has 2 aliphatic rings. The van der Waals surface area contributed by atoms with Crippen LogP contribution in [0, 0.1) is 11.8 Å². The summed E-state index contributed by atoms with van der Waals surface area (Å²) in [6, 6.07) is 76.8. The summed E-state index contributed by atoms with van der Waals surface area (Å²) in [5.41, 5.74) is 19.2. The highest BCUT2D eigenvalue weighted by Gasteiger charge is 2.40. The SMILES string of the molecule is CC1C=CC=C2c3oc4c(cc(N(c5ccccc5-c5ccccc5)c5cccc6c5oc5c(C(C)(C)C)cccc56)c5ccccc54)c3C=C(N(c3ccccc3-c3ccccc3)c3cccc4c3oc3c(C(C)(C)C)cccc34)C21. The van der Waals surface area contributed by atoms with E-state index < -0.39 is 0 Å². The fourth-order valence-electron chi connectivity index (χ4n) is 13.4. The molecule has 10 aromatic carbocycles. The van der Waals surface area contributed by atoms with Crippen LogP contribution in [0.2, 0.25) is 0 Å². The maximum Gasteiger partial charge on any atom is 0.159 e. The fraction of sp³-hybridized carbons (Fsp3) is 0.143. The molecule has 398 valence electrons. The lowest BCUT2D eigenvalue weighted by atomic mass is 9.75. The van der Waals surface area contributed by atoms with Crippen molar-refractivity contribution in [3.8, 4) is 22.3 Å². The highest BCUT2D eigenvalue weighted by atomic mass is 16.3. The van der Waals surface area contributed by atoms with Gasteiger partial charge in [-0.05, 0) is 64.3 Å². The van der Waals surface area contributed by atoms with Crippen LogP contribution >= 0.6 is 0 Å². The predicted molar refractivity (Wildman–Crippen MR) is 344 cm³/mol. The van der Waals surface area contributed by atoms with Gasteiger partial charge in [-0.1, -0.05) is 249 Å². The van der Waals surface area contributed by atoms with Crippen molar-refractivity contribution in [2.75, 3.05) is 9.80 Å². The van der Waals surface area contributed by atoms with Crippen molar-refractivity contribution in [2.45, 2.75) is 59.3 Å². The lowest BCUT2D eigenvalue weighted by Crippen LogP contribution is -2.30. The average molecular weight is 1060 g/mol. The molecule has 2 aliphatic carbocycles. The summed E-state index contributed by atoms with van der Waals surface area (Å²) in [5, 5.41) is 7.47. The largest absolute Gasteiger partial charge is 0.455 e. The van der Waals surface area contributed by atoms with Gasteiger partial charge in [0.2, 0.25) is 0 Å². The number of allylic oxidation sites excluding steroid dienone is 4. The van der Waals surface area contributed by atoms with Crippen molar-refractivity contribution >= 4 is 106 Å². The van der Waals surface area contributed by atoms with Crippen molar-refractivity contribution in [2.24, 2.45) is 11.8 Å². The molecule has 0 saturated heterocycles. The number of nitrogens with zero attached hydrogens (tertiary/aromatic N) is 2. The van der Waals surface area contributed by atoms with Gasteiger partial charge in [0, 0.05) is 82.7 Å². The first-order valence-electron chi connectivity index (χ1n) is 28.8. The summed E-state index contributed by atoms with van der Waals surface area (Å²) in [6.07, 6.45) is 9.29. The predicted octanol–water partition coefficient (Wildman–Crippen LogP) is 22.2. The lowest BCUT2D eigenvalue weighted by Gasteiger charge is -2.39. The van der Waals surface area contributed by atoms with Gasteiger partial charge >= 0.3 is 0 Å². The van der Waals surface area contributed by atoms with Crippen LogP contribution in [0.1, 0.15) is 70.9 Å². The molecular formula is C77H62N2O3. The third-order valence-corrected chi connectivity index (χ3v) is 17.2. The van der Waals surface area contributed by atoms with Gasteiger partial charge < -0.3 is 23.1 Å². The molecule has 2 unspecified atom stereocenters. The molecule has 0 bridgehead atoms. The number of para-hydroxylation sites is 6. The molecule has 0 aliphatic heterocycles. The number of hydrogen-bond donors (Lipinski definition) is 0. The first-order valence-corrected chi connectivity index (χ1v) is 28.8. The topological polar surface area (TPSA) is 45.9 Å². The molecule has 0 fully saturated rings. The van der Waals surface area contributed by atoms with Crippen molar-refractivity contribution in [1.82, 2.24) is 0 Å². The zero-order chi connectivity index (χ0) is 55.6. The molecule has 3 aromatic heterocycles. The van der Waals surface area contributed by atoms with Gasteiger partial charge in [0.15, 0.2) is 11.2 Å². The zero-order valence-electron chi connectivity index (χ0n) is 47.3.